The van der Waals surface area contributed by atoms with Crippen molar-refractivity contribution in [1.29, 1.82) is 0 Å². The van der Waals surface area contributed by atoms with E-state index in [2.05, 4.69) is 16.5 Å². The summed E-state index contributed by atoms with van der Waals surface area (Å²) in [7, 11) is 0. The van der Waals surface area contributed by atoms with E-state index in [0.717, 1.165) is 48.6 Å². The molecule has 1 fully saturated rings. The maximum atomic E-state index is 12.4. The number of hydrogen-bond donors (Lipinski definition) is 0. The highest BCUT2D eigenvalue weighted by atomic mass is 35.5. The van der Waals surface area contributed by atoms with Gasteiger partial charge < -0.3 is 4.90 Å². The van der Waals surface area contributed by atoms with Gasteiger partial charge in [-0.15, -0.1) is 0 Å². The topological polar surface area (TPSA) is 50.6 Å². The molecule has 0 atom stereocenters. The second kappa shape index (κ2) is 8.73. The zero-order valence-corrected chi connectivity index (χ0v) is 18.9. The van der Waals surface area contributed by atoms with Gasteiger partial charge in [0.15, 0.2) is 0 Å². The molecular formula is C24H27ClN4O2. The van der Waals surface area contributed by atoms with Crippen molar-refractivity contribution in [1.82, 2.24) is 14.6 Å². The summed E-state index contributed by atoms with van der Waals surface area (Å²) in [5.74, 6) is 0.644. The minimum absolute atomic E-state index is 0.106. The number of benzene rings is 1. The van der Waals surface area contributed by atoms with Crippen molar-refractivity contribution in [2.45, 2.75) is 39.7 Å². The predicted molar refractivity (Wildman–Crippen MR) is 125 cm³/mol. The lowest BCUT2D eigenvalue weighted by Crippen LogP contribution is -2.39. The second-order valence-corrected chi connectivity index (χ2v) is 8.48. The lowest BCUT2D eigenvalue weighted by atomic mass is 10.1. The molecule has 4 rings (SSSR count). The number of hydroxylamine groups is 2. The van der Waals surface area contributed by atoms with Crippen LogP contribution < -0.4 is 10.5 Å². The minimum atomic E-state index is -0.106. The van der Waals surface area contributed by atoms with Gasteiger partial charge in [-0.2, -0.15) is 0 Å². The fraction of sp³-hybridized carbons (Fsp3) is 0.333. The van der Waals surface area contributed by atoms with Crippen LogP contribution >= 0.6 is 11.6 Å². The molecule has 0 unspecified atom stereocenters. The Kier molecular flexibility index (Phi) is 6.03. The van der Waals surface area contributed by atoms with Crippen LogP contribution in [0.5, 0.6) is 0 Å². The lowest BCUT2D eigenvalue weighted by Gasteiger charge is -2.36. The molecule has 1 saturated heterocycles. The minimum Gasteiger partial charge on any atom is -0.370 e. The average Bonchev–Trinajstić information content (AvgIpc) is 2.71. The van der Waals surface area contributed by atoms with Crippen LogP contribution in [0.2, 0.25) is 5.02 Å². The molecule has 2 aliphatic heterocycles. The van der Waals surface area contributed by atoms with Crippen molar-refractivity contribution in [2.24, 2.45) is 0 Å². The molecule has 1 aromatic carbocycles. The summed E-state index contributed by atoms with van der Waals surface area (Å²) in [4.78, 5) is 25.2. The van der Waals surface area contributed by atoms with Crippen molar-refractivity contribution in [3.05, 3.63) is 87.4 Å². The van der Waals surface area contributed by atoms with Gasteiger partial charge in [-0.3, -0.25) is 14.2 Å². The van der Waals surface area contributed by atoms with Gasteiger partial charge in [0, 0.05) is 31.0 Å². The predicted octanol–water partition coefficient (Wildman–Crippen LogP) is 4.69. The number of allylic oxidation sites excluding steroid dienone is 3. The van der Waals surface area contributed by atoms with E-state index in [9.17, 15) is 4.79 Å². The van der Waals surface area contributed by atoms with Crippen molar-refractivity contribution in [2.75, 3.05) is 18.0 Å². The summed E-state index contributed by atoms with van der Waals surface area (Å²) in [5, 5.41) is 2.39. The Morgan fingerprint density at radius 1 is 1.13 bits per heavy atom. The molecule has 0 saturated carbocycles. The Bertz CT molecular complexity index is 1130. The molecular weight excluding hydrogens is 412 g/mol. The number of aryl methyl sites for hydroxylation is 2. The van der Waals surface area contributed by atoms with Gasteiger partial charge in [-0.05, 0) is 63.5 Å². The third kappa shape index (κ3) is 4.60. The van der Waals surface area contributed by atoms with Crippen molar-refractivity contribution in [3.8, 4) is 5.69 Å². The van der Waals surface area contributed by atoms with Crippen LogP contribution in [-0.4, -0.2) is 33.8 Å². The molecule has 1 aromatic heterocycles. The Hall–Kier alpha value is -2.83. The monoisotopic (exact) mass is 438 g/mol. The highest BCUT2D eigenvalue weighted by Gasteiger charge is 2.24. The summed E-state index contributed by atoms with van der Waals surface area (Å²) in [6.07, 6.45) is 7.86. The van der Waals surface area contributed by atoms with Crippen molar-refractivity contribution >= 4 is 17.3 Å². The smallest absolute Gasteiger partial charge is 0.258 e. The summed E-state index contributed by atoms with van der Waals surface area (Å²) in [6, 6.07) is 7.27. The molecule has 2 aromatic rings. The first-order chi connectivity index (χ1) is 14.8. The first kappa shape index (κ1) is 21.4. The van der Waals surface area contributed by atoms with Crippen LogP contribution in [0.3, 0.4) is 0 Å². The van der Waals surface area contributed by atoms with Crippen LogP contribution in [0.4, 0.5) is 5.69 Å². The van der Waals surface area contributed by atoms with Crippen molar-refractivity contribution in [3.63, 3.8) is 0 Å². The van der Waals surface area contributed by atoms with Gasteiger partial charge in [0.2, 0.25) is 0 Å². The van der Waals surface area contributed by atoms with E-state index in [-0.39, 0.29) is 11.7 Å². The van der Waals surface area contributed by atoms with E-state index >= 15 is 0 Å². The number of aromatic nitrogens is 2. The highest BCUT2D eigenvalue weighted by molar-refractivity contribution is 6.33. The van der Waals surface area contributed by atoms with Crippen LogP contribution in [-0.2, 0) is 4.84 Å². The Labute approximate surface area is 187 Å². The van der Waals surface area contributed by atoms with Crippen LogP contribution in [0.1, 0.15) is 31.3 Å². The Balaban J connectivity index is 1.44. The maximum absolute atomic E-state index is 12.4. The molecule has 31 heavy (non-hydrogen) atoms. The third-order valence-electron chi connectivity index (χ3n) is 5.59. The van der Waals surface area contributed by atoms with Gasteiger partial charge in [0.1, 0.15) is 5.82 Å². The number of hydrogen-bond acceptors (Lipinski definition) is 5. The molecule has 162 valence electrons. The van der Waals surface area contributed by atoms with Crippen LogP contribution in [0.15, 0.2) is 65.3 Å². The Morgan fingerprint density at radius 3 is 2.55 bits per heavy atom. The van der Waals surface area contributed by atoms with Gasteiger partial charge in [0.25, 0.3) is 5.56 Å². The molecule has 0 amide bonds. The third-order valence-corrected chi connectivity index (χ3v) is 5.89. The second-order valence-electron chi connectivity index (χ2n) is 8.07. The van der Waals surface area contributed by atoms with E-state index in [0.29, 0.717) is 16.5 Å². The van der Waals surface area contributed by atoms with E-state index in [4.69, 9.17) is 16.4 Å². The largest absolute Gasteiger partial charge is 0.370 e. The zero-order chi connectivity index (χ0) is 22.1. The van der Waals surface area contributed by atoms with E-state index in [1.54, 1.807) is 9.63 Å². The molecule has 2 aliphatic rings. The number of rotatable bonds is 4. The van der Waals surface area contributed by atoms with Gasteiger partial charge in [-0.25, -0.2) is 10.0 Å². The molecule has 0 radical (unpaired) electrons. The van der Waals surface area contributed by atoms with E-state index in [1.165, 1.54) is 6.07 Å². The maximum Gasteiger partial charge on any atom is 0.258 e. The van der Waals surface area contributed by atoms with Crippen LogP contribution in [0, 0.1) is 13.8 Å². The first-order valence-corrected chi connectivity index (χ1v) is 10.8. The van der Waals surface area contributed by atoms with E-state index in [1.807, 2.05) is 57.3 Å². The molecule has 0 aliphatic carbocycles. The zero-order valence-electron chi connectivity index (χ0n) is 18.1. The SMILES string of the molecule is C=C1C=CC(C)=CN1OC1CCN(c2ccc(-n3c(C)nc(C)cc3=O)cc2Cl)CC1. The average molecular weight is 439 g/mol. The number of piperidine rings is 1. The molecule has 7 heteroatoms. The van der Waals surface area contributed by atoms with Gasteiger partial charge >= 0.3 is 0 Å². The first-order valence-electron chi connectivity index (χ1n) is 10.5. The number of anilines is 1. The Morgan fingerprint density at radius 2 is 1.87 bits per heavy atom. The fourth-order valence-corrected chi connectivity index (χ4v) is 4.31. The quantitative estimate of drug-likeness (QED) is 0.693. The summed E-state index contributed by atoms with van der Waals surface area (Å²) >= 11 is 6.63. The molecule has 6 nitrogen and oxygen atoms in total. The standard InChI is InChI=1S/C24H27ClN4O2/c1-16-5-6-18(3)28(15-16)31-21-9-11-27(12-10-21)23-8-7-20(14-22(23)25)29-19(4)26-17(2)13-24(29)30/h5-8,13-15,21H,3,9-12H2,1-2,4H3. The summed E-state index contributed by atoms with van der Waals surface area (Å²) in [5.41, 5.74) is 4.26. The molecule has 3 heterocycles. The van der Waals surface area contributed by atoms with Crippen LogP contribution in [0.25, 0.3) is 5.69 Å². The summed E-state index contributed by atoms with van der Waals surface area (Å²) < 4.78 is 1.58. The highest BCUT2D eigenvalue weighted by Crippen LogP contribution is 2.31. The normalized spacial score (nSPS) is 17.3. The number of halogens is 1. The van der Waals surface area contributed by atoms with Gasteiger partial charge in [-0.1, -0.05) is 24.3 Å². The van der Waals surface area contributed by atoms with Gasteiger partial charge in [0.05, 0.1) is 28.2 Å². The lowest BCUT2D eigenvalue weighted by molar-refractivity contribution is -0.145. The van der Waals surface area contributed by atoms with Crippen molar-refractivity contribution < 1.29 is 4.84 Å². The molecule has 0 N–H and O–H groups in total. The molecule has 0 bridgehead atoms. The van der Waals surface area contributed by atoms with E-state index < -0.39 is 0 Å². The molecule has 0 spiro atoms. The fourth-order valence-electron chi connectivity index (χ4n) is 4.02. The number of nitrogens with zero attached hydrogens (tertiary/aromatic N) is 4. The summed E-state index contributed by atoms with van der Waals surface area (Å²) in [6.45, 7) is 11.4.